The molecule has 1 aromatic heterocycles. The Labute approximate surface area is 176 Å². The van der Waals surface area contributed by atoms with Gasteiger partial charge in [-0.15, -0.1) is 0 Å². The summed E-state index contributed by atoms with van der Waals surface area (Å²) >= 11 is 0. The third kappa shape index (κ3) is 5.84. The Morgan fingerprint density at radius 2 is 1.71 bits per heavy atom. The predicted molar refractivity (Wildman–Crippen MR) is 108 cm³/mol. The van der Waals surface area contributed by atoms with E-state index in [0.717, 1.165) is 10.1 Å². The first kappa shape index (κ1) is 22.3. The van der Waals surface area contributed by atoms with E-state index in [9.17, 15) is 22.8 Å². The number of carbonyl (C=O) groups excluding carboxylic acids is 1. The van der Waals surface area contributed by atoms with Crippen LogP contribution in [-0.4, -0.2) is 44.5 Å². The van der Waals surface area contributed by atoms with Gasteiger partial charge >= 0.3 is 12.1 Å². The molecule has 1 N–H and O–H groups in total. The molecule has 164 valence electrons. The molecular formula is C22H22F3N3O3. The lowest BCUT2D eigenvalue weighted by molar-refractivity contribution is -0.147. The highest BCUT2D eigenvalue weighted by Crippen LogP contribution is 2.31. The minimum absolute atomic E-state index is 0.0549. The van der Waals surface area contributed by atoms with Gasteiger partial charge in [-0.1, -0.05) is 42.5 Å². The highest BCUT2D eigenvalue weighted by molar-refractivity contribution is 5.81. The number of nitrogens with zero attached hydrogens (tertiary/aromatic N) is 3. The second-order valence-corrected chi connectivity index (χ2v) is 7.12. The fourth-order valence-electron chi connectivity index (χ4n) is 3.43. The van der Waals surface area contributed by atoms with Crippen LogP contribution in [0, 0.1) is 0 Å². The maximum Gasteiger partial charge on any atom is 0.449 e. The van der Waals surface area contributed by atoms with E-state index in [1.807, 2.05) is 30.3 Å². The topological polar surface area (TPSA) is 75.4 Å². The van der Waals surface area contributed by atoms with Gasteiger partial charge in [0.1, 0.15) is 6.54 Å². The monoisotopic (exact) mass is 433 g/mol. The summed E-state index contributed by atoms with van der Waals surface area (Å²) in [6.45, 7) is -0.287. The third-order valence-corrected chi connectivity index (χ3v) is 4.87. The number of rotatable bonds is 9. The summed E-state index contributed by atoms with van der Waals surface area (Å²) in [5, 5.41) is 9.12. The lowest BCUT2D eigenvalue weighted by Crippen LogP contribution is -2.37. The molecule has 31 heavy (non-hydrogen) atoms. The van der Waals surface area contributed by atoms with Crippen LogP contribution >= 0.6 is 0 Å². The zero-order valence-corrected chi connectivity index (χ0v) is 16.7. The molecule has 0 bridgehead atoms. The van der Waals surface area contributed by atoms with E-state index in [0.29, 0.717) is 11.9 Å². The Bertz CT molecular complexity index is 1050. The van der Waals surface area contributed by atoms with Gasteiger partial charge in [0.15, 0.2) is 0 Å². The van der Waals surface area contributed by atoms with Gasteiger partial charge in [0.25, 0.3) is 0 Å². The Hall–Kier alpha value is -3.36. The van der Waals surface area contributed by atoms with Crippen molar-refractivity contribution in [3.63, 3.8) is 0 Å². The van der Waals surface area contributed by atoms with Crippen LogP contribution in [0.25, 0.3) is 11.0 Å². The molecule has 3 aromatic rings. The summed E-state index contributed by atoms with van der Waals surface area (Å²) in [6.07, 6.45) is -4.06. The van der Waals surface area contributed by atoms with Crippen molar-refractivity contribution in [2.75, 3.05) is 13.1 Å². The number of alkyl halides is 3. The standard InChI is InChI=1S/C22H22F3N3O3/c23-22(24,25)21-26-17-9-4-5-10-18(17)28(21)13-6-11-19(29)27(15-20(30)31)14-12-16-7-2-1-3-8-16/h1-5,7-10H,6,11-15H2,(H,30,31). The first-order valence-electron chi connectivity index (χ1n) is 9.81. The summed E-state index contributed by atoms with van der Waals surface area (Å²) in [5.41, 5.74) is 1.54. The number of carbonyl (C=O) groups is 2. The molecule has 0 aliphatic rings. The fraction of sp³-hybridized carbons (Fsp3) is 0.318. The van der Waals surface area contributed by atoms with Gasteiger partial charge in [-0.2, -0.15) is 13.2 Å². The number of carboxylic acids is 1. The van der Waals surface area contributed by atoms with Crippen LogP contribution in [0.15, 0.2) is 54.6 Å². The van der Waals surface area contributed by atoms with Crippen molar-refractivity contribution in [2.45, 2.75) is 32.0 Å². The number of aryl methyl sites for hydroxylation is 1. The SMILES string of the molecule is O=C(O)CN(CCc1ccccc1)C(=O)CCCn1c(C(F)(F)F)nc2ccccc21. The number of imidazole rings is 1. The molecule has 3 rings (SSSR count). The van der Waals surface area contributed by atoms with Crippen LogP contribution in [0.5, 0.6) is 0 Å². The second kappa shape index (κ2) is 9.63. The third-order valence-electron chi connectivity index (χ3n) is 4.87. The Morgan fingerprint density at radius 1 is 1.03 bits per heavy atom. The van der Waals surface area contributed by atoms with E-state index >= 15 is 0 Å². The molecule has 0 saturated heterocycles. The quantitative estimate of drug-likeness (QED) is 0.554. The van der Waals surface area contributed by atoms with Crippen LogP contribution in [0.3, 0.4) is 0 Å². The van der Waals surface area contributed by atoms with Gasteiger partial charge < -0.3 is 14.6 Å². The summed E-state index contributed by atoms with van der Waals surface area (Å²) in [6, 6.07) is 15.6. The van der Waals surface area contributed by atoms with Crippen molar-refractivity contribution in [3.05, 3.63) is 66.0 Å². The van der Waals surface area contributed by atoms with Gasteiger partial charge in [-0.3, -0.25) is 9.59 Å². The largest absolute Gasteiger partial charge is 0.480 e. The fourth-order valence-corrected chi connectivity index (χ4v) is 3.43. The van der Waals surface area contributed by atoms with E-state index in [4.69, 9.17) is 5.11 Å². The summed E-state index contributed by atoms with van der Waals surface area (Å²) < 4.78 is 41.2. The minimum atomic E-state index is -4.62. The lowest BCUT2D eigenvalue weighted by atomic mass is 10.1. The number of fused-ring (bicyclic) bond motifs is 1. The second-order valence-electron chi connectivity index (χ2n) is 7.12. The molecule has 0 spiro atoms. The van der Waals surface area contributed by atoms with Gasteiger partial charge in [0, 0.05) is 19.5 Å². The Kier molecular flexibility index (Phi) is 6.94. The number of aromatic nitrogens is 2. The molecule has 0 atom stereocenters. The van der Waals surface area contributed by atoms with Crippen molar-refractivity contribution in [1.29, 1.82) is 0 Å². The number of hydrogen-bond donors (Lipinski definition) is 1. The molecule has 6 nitrogen and oxygen atoms in total. The smallest absolute Gasteiger partial charge is 0.449 e. The van der Waals surface area contributed by atoms with Crippen LogP contribution < -0.4 is 0 Å². The summed E-state index contributed by atoms with van der Waals surface area (Å²) in [4.78, 5) is 28.7. The predicted octanol–water partition coefficient (Wildman–Crippen LogP) is 3.99. The number of amides is 1. The number of hydrogen-bond acceptors (Lipinski definition) is 3. The molecule has 0 radical (unpaired) electrons. The average Bonchev–Trinajstić information content (AvgIpc) is 3.11. The number of carboxylic acid groups (broad SMARTS) is 1. The molecule has 0 fully saturated rings. The van der Waals surface area contributed by atoms with E-state index in [2.05, 4.69) is 4.98 Å². The van der Waals surface area contributed by atoms with Crippen LogP contribution in [0.1, 0.15) is 24.2 Å². The van der Waals surface area contributed by atoms with Crippen LogP contribution in [0.4, 0.5) is 13.2 Å². The average molecular weight is 433 g/mol. The number of aliphatic carboxylic acids is 1. The van der Waals surface area contributed by atoms with Crippen LogP contribution in [-0.2, 0) is 28.7 Å². The Morgan fingerprint density at radius 3 is 2.39 bits per heavy atom. The molecular weight excluding hydrogens is 411 g/mol. The highest BCUT2D eigenvalue weighted by Gasteiger charge is 2.37. The van der Waals surface area contributed by atoms with Gasteiger partial charge in [0.05, 0.1) is 11.0 Å². The normalized spacial score (nSPS) is 11.6. The number of para-hydroxylation sites is 2. The van der Waals surface area contributed by atoms with Crippen molar-refractivity contribution < 1.29 is 27.9 Å². The highest BCUT2D eigenvalue weighted by atomic mass is 19.4. The van der Waals surface area contributed by atoms with Crippen molar-refractivity contribution >= 4 is 22.9 Å². The van der Waals surface area contributed by atoms with Crippen molar-refractivity contribution in [2.24, 2.45) is 0 Å². The van der Waals surface area contributed by atoms with Crippen molar-refractivity contribution in [1.82, 2.24) is 14.5 Å². The molecule has 0 aliphatic carbocycles. The molecule has 9 heteroatoms. The zero-order valence-electron chi connectivity index (χ0n) is 16.7. The molecule has 2 aromatic carbocycles. The Balaban J connectivity index is 1.66. The molecule has 1 heterocycles. The maximum absolute atomic E-state index is 13.4. The van der Waals surface area contributed by atoms with E-state index in [1.165, 1.54) is 11.0 Å². The molecule has 1 amide bonds. The number of halogens is 3. The van der Waals surface area contributed by atoms with Crippen LogP contribution in [0.2, 0.25) is 0 Å². The van der Waals surface area contributed by atoms with E-state index in [1.54, 1.807) is 18.2 Å². The number of benzene rings is 2. The van der Waals surface area contributed by atoms with Gasteiger partial charge in [-0.05, 0) is 30.5 Å². The molecule has 0 unspecified atom stereocenters. The van der Waals surface area contributed by atoms with Crippen molar-refractivity contribution in [3.8, 4) is 0 Å². The molecule has 0 saturated carbocycles. The summed E-state index contributed by atoms with van der Waals surface area (Å²) in [7, 11) is 0. The molecule has 0 aliphatic heterocycles. The maximum atomic E-state index is 13.4. The first-order valence-corrected chi connectivity index (χ1v) is 9.81. The van der Waals surface area contributed by atoms with Gasteiger partial charge in [-0.25, -0.2) is 4.98 Å². The van der Waals surface area contributed by atoms with E-state index < -0.39 is 30.4 Å². The van der Waals surface area contributed by atoms with Gasteiger partial charge in [0.2, 0.25) is 11.7 Å². The zero-order chi connectivity index (χ0) is 22.4. The lowest BCUT2D eigenvalue weighted by Gasteiger charge is -2.21. The summed E-state index contributed by atoms with van der Waals surface area (Å²) in [5.74, 6) is -2.55. The minimum Gasteiger partial charge on any atom is -0.480 e. The first-order chi connectivity index (χ1) is 14.8. The van der Waals surface area contributed by atoms with E-state index in [-0.39, 0.29) is 31.4 Å².